The van der Waals surface area contributed by atoms with Gasteiger partial charge in [0.25, 0.3) is 0 Å². The zero-order valence-electron chi connectivity index (χ0n) is 18.4. The van der Waals surface area contributed by atoms with Crippen LogP contribution in [0.3, 0.4) is 0 Å². The molecule has 1 atom stereocenters. The average molecular weight is 487 g/mol. The summed E-state index contributed by atoms with van der Waals surface area (Å²) in [5, 5.41) is 0.460. The standard InChI is InChI=1S/C24H23ClN2O5S/c1-14(2)32-18-9-7-15(8-10-18)19-12-20(28)27(17-6-4-5-16(25)11-17)23-22(19)33-24(30)26(23)13-21(29)31-3/h4-11,14,19H,12-13H2,1-3H3/t19-/m1/s1. The molecule has 172 valence electrons. The number of esters is 1. The fourth-order valence-electron chi connectivity index (χ4n) is 3.88. The van der Waals surface area contributed by atoms with E-state index in [1.54, 1.807) is 24.3 Å². The van der Waals surface area contributed by atoms with Crippen molar-refractivity contribution in [1.29, 1.82) is 0 Å². The number of aromatic nitrogens is 1. The molecule has 0 bridgehead atoms. The van der Waals surface area contributed by atoms with Gasteiger partial charge in [-0.25, -0.2) is 0 Å². The van der Waals surface area contributed by atoms with Gasteiger partial charge in [0.1, 0.15) is 18.1 Å². The summed E-state index contributed by atoms with van der Waals surface area (Å²) in [6.45, 7) is 3.61. The molecule has 0 saturated carbocycles. The number of carbonyl (C=O) groups is 2. The highest BCUT2D eigenvalue weighted by Crippen LogP contribution is 2.45. The third-order valence-electron chi connectivity index (χ3n) is 5.29. The van der Waals surface area contributed by atoms with E-state index in [4.69, 9.17) is 21.1 Å². The molecule has 1 aliphatic rings. The van der Waals surface area contributed by atoms with E-state index in [-0.39, 0.29) is 35.8 Å². The lowest BCUT2D eigenvalue weighted by molar-refractivity contribution is -0.141. The largest absolute Gasteiger partial charge is 0.491 e. The normalized spacial score (nSPS) is 15.5. The summed E-state index contributed by atoms with van der Waals surface area (Å²) in [6, 6.07) is 14.4. The van der Waals surface area contributed by atoms with Crippen LogP contribution in [0.2, 0.25) is 5.02 Å². The molecule has 1 aliphatic heterocycles. The number of methoxy groups -OCH3 is 1. The maximum absolute atomic E-state index is 13.4. The predicted molar refractivity (Wildman–Crippen MR) is 128 cm³/mol. The number of nitrogens with zero attached hydrogens (tertiary/aromatic N) is 2. The second-order valence-electron chi connectivity index (χ2n) is 7.92. The summed E-state index contributed by atoms with van der Waals surface area (Å²) in [5.41, 5.74) is 1.42. The molecule has 0 fully saturated rings. The van der Waals surface area contributed by atoms with Crippen LogP contribution >= 0.6 is 22.9 Å². The van der Waals surface area contributed by atoms with E-state index >= 15 is 0 Å². The Labute approximate surface area is 200 Å². The molecule has 0 aliphatic carbocycles. The monoisotopic (exact) mass is 486 g/mol. The highest BCUT2D eigenvalue weighted by Gasteiger charge is 2.38. The number of ether oxygens (including phenoxy) is 2. The molecule has 0 N–H and O–H groups in total. The Balaban J connectivity index is 1.84. The van der Waals surface area contributed by atoms with E-state index in [0.717, 1.165) is 22.6 Å². The average Bonchev–Trinajstić information content (AvgIpc) is 3.09. The van der Waals surface area contributed by atoms with E-state index < -0.39 is 5.97 Å². The van der Waals surface area contributed by atoms with Crippen molar-refractivity contribution in [2.75, 3.05) is 12.0 Å². The van der Waals surface area contributed by atoms with Gasteiger partial charge in [-0.1, -0.05) is 41.1 Å². The number of hydrogen-bond donors (Lipinski definition) is 0. The first-order valence-electron chi connectivity index (χ1n) is 10.4. The number of amides is 1. The third kappa shape index (κ3) is 4.67. The molecule has 0 unspecified atom stereocenters. The molecule has 3 aromatic rings. The lowest BCUT2D eigenvalue weighted by Crippen LogP contribution is -2.36. The van der Waals surface area contributed by atoms with E-state index in [2.05, 4.69) is 0 Å². The molecular formula is C24H23ClN2O5S. The predicted octanol–water partition coefficient (Wildman–Crippen LogP) is 4.72. The summed E-state index contributed by atoms with van der Waals surface area (Å²) in [7, 11) is 1.26. The molecule has 2 heterocycles. The third-order valence-corrected chi connectivity index (χ3v) is 6.60. The Morgan fingerprint density at radius 2 is 1.91 bits per heavy atom. The number of thiazole rings is 1. The molecule has 9 heteroatoms. The number of halogens is 1. The van der Waals surface area contributed by atoms with Crippen LogP contribution in [0.4, 0.5) is 11.5 Å². The van der Waals surface area contributed by atoms with E-state index in [9.17, 15) is 14.4 Å². The minimum atomic E-state index is -0.575. The molecule has 7 nitrogen and oxygen atoms in total. The van der Waals surface area contributed by atoms with Gasteiger partial charge in [-0.2, -0.15) is 0 Å². The van der Waals surface area contributed by atoms with Crippen LogP contribution in [0, 0.1) is 0 Å². The molecule has 33 heavy (non-hydrogen) atoms. The van der Waals surface area contributed by atoms with Crippen molar-refractivity contribution in [3.63, 3.8) is 0 Å². The van der Waals surface area contributed by atoms with Gasteiger partial charge in [0.15, 0.2) is 0 Å². The van der Waals surface area contributed by atoms with Crippen LogP contribution in [0.25, 0.3) is 0 Å². The van der Waals surface area contributed by atoms with E-state index in [0.29, 0.717) is 21.4 Å². The van der Waals surface area contributed by atoms with Crippen LogP contribution in [-0.4, -0.2) is 29.7 Å². The Bertz CT molecular complexity index is 1250. The number of hydrogen-bond acceptors (Lipinski definition) is 6. The van der Waals surface area contributed by atoms with Crippen molar-refractivity contribution in [3.8, 4) is 5.75 Å². The Kier molecular flexibility index (Phi) is 6.58. The van der Waals surface area contributed by atoms with Gasteiger partial charge in [-0.05, 0) is 49.7 Å². The summed E-state index contributed by atoms with van der Waals surface area (Å²) < 4.78 is 11.8. The Morgan fingerprint density at radius 1 is 1.18 bits per heavy atom. The van der Waals surface area contributed by atoms with Crippen LogP contribution in [0.5, 0.6) is 5.75 Å². The van der Waals surface area contributed by atoms with E-state index in [1.807, 2.05) is 38.1 Å². The SMILES string of the molecule is COC(=O)Cn1c2c(sc1=O)[C@@H](c1ccc(OC(C)C)cc1)CC(=O)N2c1cccc(Cl)c1. The van der Waals surface area contributed by atoms with Crippen LogP contribution in [-0.2, 0) is 20.9 Å². The van der Waals surface area contributed by atoms with Gasteiger partial charge in [0.05, 0.1) is 23.8 Å². The molecular weight excluding hydrogens is 464 g/mol. The van der Waals surface area contributed by atoms with Gasteiger partial charge in [-0.3, -0.25) is 23.9 Å². The maximum Gasteiger partial charge on any atom is 0.325 e. The smallest absolute Gasteiger partial charge is 0.325 e. The fraction of sp³-hybridized carbons (Fsp3) is 0.292. The topological polar surface area (TPSA) is 77.8 Å². The van der Waals surface area contributed by atoms with E-state index in [1.165, 1.54) is 16.6 Å². The van der Waals surface area contributed by atoms with Gasteiger partial charge < -0.3 is 9.47 Å². The zero-order chi connectivity index (χ0) is 23.7. The van der Waals surface area contributed by atoms with Crippen molar-refractivity contribution >= 4 is 46.3 Å². The highest BCUT2D eigenvalue weighted by atomic mass is 35.5. The lowest BCUT2D eigenvalue weighted by Gasteiger charge is -2.32. The quantitative estimate of drug-likeness (QED) is 0.471. The summed E-state index contributed by atoms with van der Waals surface area (Å²) in [4.78, 5) is 40.3. The van der Waals surface area contributed by atoms with Crippen molar-refractivity contribution in [2.45, 2.75) is 38.8 Å². The van der Waals surface area contributed by atoms with Crippen molar-refractivity contribution in [1.82, 2.24) is 4.57 Å². The minimum Gasteiger partial charge on any atom is -0.491 e. The molecule has 2 aromatic carbocycles. The van der Waals surface area contributed by atoms with Crippen LogP contribution in [0.1, 0.15) is 36.6 Å². The molecule has 0 radical (unpaired) electrons. The summed E-state index contributed by atoms with van der Waals surface area (Å²) >= 11 is 7.21. The van der Waals surface area contributed by atoms with Crippen molar-refractivity contribution in [2.24, 2.45) is 0 Å². The summed E-state index contributed by atoms with van der Waals surface area (Å²) in [6.07, 6.45) is 0.213. The van der Waals surface area contributed by atoms with Gasteiger partial charge in [0, 0.05) is 17.4 Å². The molecule has 0 spiro atoms. The number of benzene rings is 2. The second kappa shape index (κ2) is 9.41. The first-order valence-corrected chi connectivity index (χ1v) is 11.6. The first-order chi connectivity index (χ1) is 15.8. The van der Waals surface area contributed by atoms with Crippen molar-refractivity contribution < 1.29 is 19.1 Å². The fourth-order valence-corrected chi connectivity index (χ4v) is 5.17. The Hall–Kier alpha value is -3.10. The van der Waals surface area contributed by atoms with Crippen molar-refractivity contribution in [3.05, 3.63) is 73.7 Å². The maximum atomic E-state index is 13.4. The lowest BCUT2D eigenvalue weighted by atomic mass is 9.90. The van der Waals surface area contributed by atoms with Crippen LogP contribution < -0.4 is 14.5 Å². The van der Waals surface area contributed by atoms with Gasteiger partial charge in [-0.15, -0.1) is 0 Å². The first kappa shape index (κ1) is 23.1. The Morgan fingerprint density at radius 3 is 2.55 bits per heavy atom. The summed E-state index contributed by atoms with van der Waals surface area (Å²) in [5.74, 6) is 0.00404. The number of rotatable bonds is 6. The highest BCUT2D eigenvalue weighted by molar-refractivity contribution is 7.10. The second-order valence-corrected chi connectivity index (χ2v) is 9.35. The van der Waals surface area contributed by atoms with Crippen LogP contribution in [0.15, 0.2) is 53.3 Å². The zero-order valence-corrected chi connectivity index (χ0v) is 20.0. The number of carbonyl (C=O) groups excluding carboxylic acids is 2. The van der Waals surface area contributed by atoms with Gasteiger partial charge >= 0.3 is 10.8 Å². The number of fused-ring (bicyclic) bond motifs is 1. The number of anilines is 2. The molecule has 4 rings (SSSR count). The molecule has 1 amide bonds. The minimum absolute atomic E-state index is 0.0440. The molecule has 0 saturated heterocycles. The van der Waals surface area contributed by atoms with Gasteiger partial charge in [0.2, 0.25) is 5.91 Å². The molecule has 1 aromatic heterocycles.